The number of likely N-dealkylation sites (tertiary alicyclic amines) is 1. The monoisotopic (exact) mass is 571 g/mol. The van der Waals surface area contributed by atoms with E-state index in [1.807, 2.05) is 13.0 Å². The van der Waals surface area contributed by atoms with Crippen molar-refractivity contribution in [3.05, 3.63) is 108 Å². The summed E-state index contributed by atoms with van der Waals surface area (Å²) in [6.07, 6.45) is 2.79. The van der Waals surface area contributed by atoms with Gasteiger partial charge in [-0.2, -0.15) is 0 Å². The van der Waals surface area contributed by atoms with Crippen molar-refractivity contribution >= 4 is 40.5 Å². The van der Waals surface area contributed by atoms with Gasteiger partial charge in [-0.15, -0.1) is 0 Å². The Kier molecular flexibility index (Phi) is 7.58. The number of benzene rings is 2. The second kappa shape index (κ2) is 11.1. The first-order chi connectivity index (χ1) is 18.7. The molecule has 9 nitrogen and oxygen atoms in total. The minimum absolute atomic E-state index is 0.100. The number of carbonyl (C=O) groups excluding carboxylic acids is 1. The summed E-state index contributed by atoms with van der Waals surface area (Å²) in [5.74, 6) is -1.08. The Bertz CT molecular complexity index is 1640. The molecule has 0 unspecified atom stereocenters. The fourth-order valence-corrected chi connectivity index (χ4v) is 5.14. The topological polar surface area (TPSA) is 113 Å². The van der Waals surface area contributed by atoms with Crippen LogP contribution in [-0.2, 0) is 6.54 Å². The molecule has 0 saturated carbocycles. The Morgan fingerprint density at radius 3 is 2.54 bits per heavy atom. The number of H-pyrrole nitrogens is 1. The lowest BCUT2D eigenvalue weighted by Gasteiger charge is -2.33. The van der Waals surface area contributed by atoms with Crippen LogP contribution in [0.3, 0.4) is 0 Å². The molecule has 0 atom stereocenters. The molecule has 1 aliphatic heterocycles. The highest BCUT2D eigenvalue weighted by Gasteiger charge is 2.28. The second-order valence-corrected chi connectivity index (χ2v) is 10.2. The number of anilines is 2. The molecule has 5 rings (SSSR count). The molecule has 0 spiro atoms. The minimum atomic E-state index is -0.765. The maximum atomic E-state index is 13.9. The van der Waals surface area contributed by atoms with Crippen LogP contribution in [0.25, 0.3) is 0 Å². The standard InChI is InChI=1S/C27H24Cl2FN5O4/c1-15-2-5-18(28)12-21(15)31-24-20(13-35(26(37)23(24)29)14-22-32-27(38)39-33-22)25(36)34-10-8-17(9-11-34)16-3-6-19(30)7-4-16/h2-7,12-13,17,31H,8-11,14H2,1H3,(H,32,33,38). The van der Waals surface area contributed by atoms with Crippen LogP contribution in [0, 0.1) is 12.7 Å². The van der Waals surface area contributed by atoms with E-state index in [0.717, 1.165) is 11.1 Å². The van der Waals surface area contributed by atoms with Crippen molar-refractivity contribution in [3.63, 3.8) is 0 Å². The molecule has 1 aliphatic rings. The van der Waals surface area contributed by atoms with Crippen molar-refractivity contribution in [3.8, 4) is 0 Å². The highest BCUT2D eigenvalue weighted by Crippen LogP contribution is 2.33. The number of piperidine rings is 1. The van der Waals surface area contributed by atoms with Crippen molar-refractivity contribution in [1.82, 2.24) is 19.6 Å². The SMILES string of the molecule is Cc1ccc(Cl)cc1Nc1c(C(=O)N2CCC(c3ccc(F)cc3)CC2)cn(Cc2noc(=O)[nH]2)c(=O)c1Cl. The normalized spacial score (nSPS) is 14.0. The van der Waals surface area contributed by atoms with Gasteiger partial charge in [0.05, 0.1) is 17.8 Å². The molecule has 4 aromatic rings. The highest BCUT2D eigenvalue weighted by atomic mass is 35.5. The number of aromatic nitrogens is 3. The smallest absolute Gasteiger partial charge is 0.353 e. The van der Waals surface area contributed by atoms with Crippen molar-refractivity contribution in [2.75, 3.05) is 18.4 Å². The Hall–Kier alpha value is -3.89. The number of carbonyl (C=O) groups is 1. The first-order valence-electron chi connectivity index (χ1n) is 12.3. The van der Waals surface area contributed by atoms with Crippen LogP contribution in [0.2, 0.25) is 10.0 Å². The number of hydrogen-bond acceptors (Lipinski definition) is 6. The molecule has 2 aromatic carbocycles. The van der Waals surface area contributed by atoms with Gasteiger partial charge in [0.25, 0.3) is 11.5 Å². The molecule has 2 aromatic heterocycles. The molecular weight excluding hydrogens is 548 g/mol. The van der Waals surface area contributed by atoms with Gasteiger partial charge in [-0.25, -0.2) is 9.18 Å². The molecule has 1 saturated heterocycles. The van der Waals surface area contributed by atoms with E-state index in [1.165, 1.54) is 22.9 Å². The van der Waals surface area contributed by atoms with Gasteiger partial charge >= 0.3 is 5.76 Å². The van der Waals surface area contributed by atoms with E-state index in [4.69, 9.17) is 23.2 Å². The summed E-state index contributed by atoms with van der Waals surface area (Å²) >= 11 is 12.8. The van der Waals surface area contributed by atoms with Gasteiger partial charge in [-0.1, -0.05) is 46.6 Å². The third kappa shape index (κ3) is 5.76. The van der Waals surface area contributed by atoms with E-state index in [2.05, 4.69) is 20.0 Å². The molecule has 2 N–H and O–H groups in total. The Labute approximate surface area is 232 Å². The van der Waals surface area contributed by atoms with Gasteiger partial charge in [0.2, 0.25) is 0 Å². The average molecular weight is 572 g/mol. The van der Waals surface area contributed by atoms with Gasteiger partial charge in [-0.05, 0) is 61.1 Å². The fourth-order valence-electron chi connectivity index (χ4n) is 4.71. The van der Waals surface area contributed by atoms with E-state index >= 15 is 0 Å². The van der Waals surface area contributed by atoms with Gasteiger partial charge in [0, 0.05) is 30.0 Å². The van der Waals surface area contributed by atoms with Crippen molar-refractivity contribution in [2.45, 2.75) is 32.2 Å². The molecule has 39 heavy (non-hydrogen) atoms. The van der Waals surface area contributed by atoms with Gasteiger partial charge < -0.3 is 14.8 Å². The number of amides is 1. The molecule has 0 aliphatic carbocycles. The first kappa shape index (κ1) is 26.7. The number of hydrogen-bond donors (Lipinski definition) is 2. The lowest BCUT2D eigenvalue weighted by atomic mass is 9.89. The maximum Gasteiger partial charge on any atom is 0.438 e. The molecule has 0 bridgehead atoms. The van der Waals surface area contributed by atoms with Crippen LogP contribution in [0.5, 0.6) is 0 Å². The fraction of sp³-hybridized carbons (Fsp3) is 0.259. The predicted octanol–water partition coefficient (Wildman–Crippen LogP) is 5.09. The van der Waals surface area contributed by atoms with Crippen LogP contribution in [0.15, 0.2) is 62.8 Å². The van der Waals surface area contributed by atoms with Crippen molar-refractivity contribution < 1.29 is 13.7 Å². The zero-order valence-electron chi connectivity index (χ0n) is 20.8. The third-order valence-corrected chi connectivity index (χ3v) is 7.43. The number of nitrogens with zero attached hydrogens (tertiary/aromatic N) is 3. The van der Waals surface area contributed by atoms with Crippen LogP contribution in [0.1, 0.15) is 46.1 Å². The van der Waals surface area contributed by atoms with E-state index in [0.29, 0.717) is 36.6 Å². The van der Waals surface area contributed by atoms with Crippen LogP contribution in [0.4, 0.5) is 15.8 Å². The second-order valence-electron chi connectivity index (χ2n) is 9.41. The van der Waals surface area contributed by atoms with Gasteiger partial charge in [0.1, 0.15) is 10.8 Å². The van der Waals surface area contributed by atoms with Crippen LogP contribution < -0.4 is 16.6 Å². The zero-order chi connectivity index (χ0) is 27.7. The summed E-state index contributed by atoms with van der Waals surface area (Å²) in [5, 5.41) is 7.02. The van der Waals surface area contributed by atoms with Crippen LogP contribution in [-0.4, -0.2) is 38.6 Å². The number of nitrogens with one attached hydrogen (secondary N) is 2. The van der Waals surface area contributed by atoms with Gasteiger partial charge in [0.15, 0.2) is 5.82 Å². The largest absolute Gasteiger partial charge is 0.438 e. The molecule has 1 fully saturated rings. The minimum Gasteiger partial charge on any atom is -0.353 e. The average Bonchev–Trinajstić information content (AvgIpc) is 3.34. The summed E-state index contributed by atoms with van der Waals surface area (Å²) in [6, 6.07) is 11.7. The van der Waals surface area contributed by atoms with E-state index in [-0.39, 0.29) is 46.3 Å². The Morgan fingerprint density at radius 1 is 1.15 bits per heavy atom. The summed E-state index contributed by atoms with van der Waals surface area (Å²) in [6.45, 7) is 2.62. The molecule has 3 heterocycles. The Balaban J connectivity index is 1.48. The van der Waals surface area contributed by atoms with E-state index in [1.54, 1.807) is 29.2 Å². The molecule has 1 amide bonds. The summed E-state index contributed by atoms with van der Waals surface area (Å²) in [7, 11) is 0. The molecule has 12 heteroatoms. The quantitative estimate of drug-likeness (QED) is 0.333. The molecular formula is C27H24Cl2FN5O4. The molecule has 202 valence electrons. The van der Waals surface area contributed by atoms with Crippen LogP contribution >= 0.6 is 23.2 Å². The van der Waals surface area contributed by atoms with E-state index < -0.39 is 11.3 Å². The maximum absolute atomic E-state index is 13.9. The lowest BCUT2D eigenvalue weighted by molar-refractivity contribution is 0.0713. The number of halogens is 3. The van der Waals surface area contributed by atoms with E-state index in [9.17, 15) is 18.8 Å². The first-order valence-corrected chi connectivity index (χ1v) is 13.0. The van der Waals surface area contributed by atoms with Gasteiger partial charge in [-0.3, -0.25) is 19.1 Å². The highest BCUT2D eigenvalue weighted by molar-refractivity contribution is 6.34. The number of rotatable bonds is 6. The summed E-state index contributed by atoms with van der Waals surface area (Å²) in [4.78, 5) is 42.5. The number of aromatic amines is 1. The van der Waals surface area contributed by atoms with Crippen molar-refractivity contribution in [1.29, 1.82) is 0 Å². The molecule has 0 radical (unpaired) electrons. The zero-order valence-corrected chi connectivity index (χ0v) is 22.4. The van der Waals surface area contributed by atoms with Crippen molar-refractivity contribution in [2.24, 2.45) is 0 Å². The summed E-state index contributed by atoms with van der Waals surface area (Å²) < 4.78 is 19.1. The lowest BCUT2D eigenvalue weighted by Crippen LogP contribution is -2.39. The predicted molar refractivity (Wildman–Crippen MR) is 146 cm³/mol. The number of aryl methyl sites for hydroxylation is 1. The Morgan fingerprint density at radius 2 is 1.87 bits per heavy atom. The summed E-state index contributed by atoms with van der Waals surface area (Å²) in [5.41, 5.74) is 2.19. The third-order valence-electron chi connectivity index (χ3n) is 6.84. The number of pyridine rings is 1.